The Morgan fingerprint density at radius 3 is 3.14 bits per heavy atom. The zero-order chi connectivity index (χ0) is 9.64. The molecule has 0 aliphatic carbocycles. The second-order valence-corrected chi connectivity index (χ2v) is 3.92. The van der Waals surface area contributed by atoms with Gasteiger partial charge < -0.3 is 5.32 Å². The summed E-state index contributed by atoms with van der Waals surface area (Å²) in [6.45, 7) is 1.87. The molecular formula is C10H13N3S. The number of hydrogen-bond donors (Lipinski definition) is 2. The van der Waals surface area contributed by atoms with Crippen LogP contribution >= 0.6 is 11.3 Å². The molecule has 0 saturated carbocycles. The maximum Gasteiger partial charge on any atom is 0.0490 e. The molecule has 0 radical (unpaired) electrons. The van der Waals surface area contributed by atoms with Crippen molar-refractivity contribution in [2.24, 2.45) is 0 Å². The van der Waals surface area contributed by atoms with Crippen molar-refractivity contribution in [3.05, 3.63) is 40.3 Å². The highest BCUT2D eigenvalue weighted by Crippen LogP contribution is 2.05. The van der Waals surface area contributed by atoms with E-state index in [1.165, 1.54) is 5.56 Å². The van der Waals surface area contributed by atoms with Gasteiger partial charge in [-0.05, 0) is 41.4 Å². The second-order valence-electron chi connectivity index (χ2n) is 3.14. The first-order valence-corrected chi connectivity index (χ1v) is 5.59. The fraction of sp³-hybridized carbons (Fsp3) is 0.300. The van der Waals surface area contributed by atoms with Crippen LogP contribution in [0.25, 0.3) is 0 Å². The smallest absolute Gasteiger partial charge is 0.0490 e. The Morgan fingerprint density at radius 1 is 1.43 bits per heavy atom. The van der Waals surface area contributed by atoms with Crippen LogP contribution in [0, 0.1) is 0 Å². The maximum absolute atomic E-state index is 3.89. The Bertz CT molecular complexity index is 303. The molecule has 2 heterocycles. The molecule has 2 rings (SSSR count). The van der Waals surface area contributed by atoms with Crippen LogP contribution in [0.5, 0.6) is 0 Å². The van der Waals surface area contributed by atoms with Gasteiger partial charge in [-0.1, -0.05) is 0 Å². The highest BCUT2D eigenvalue weighted by molar-refractivity contribution is 7.07. The monoisotopic (exact) mass is 207 g/mol. The molecule has 14 heavy (non-hydrogen) atoms. The Kier molecular flexibility index (Phi) is 3.32. The number of H-pyrrole nitrogens is 1. The zero-order valence-electron chi connectivity index (χ0n) is 7.86. The average molecular weight is 207 g/mol. The number of nitrogens with one attached hydrogen (secondary N) is 2. The molecule has 2 aromatic rings. The van der Waals surface area contributed by atoms with Crippen LogP contribution in [0.2, 0.25) is 0 Å². The molecule has 0 bridgehead atoms. The van der Waals surface area contributed by atoms with Crippen molar-refractivity contribution in [3.63, 3.8) is 0 Å². The predicted molar refractivity (Wildman–Crippen MR) is 58.3 cm³/mol. The summed E-state index contributed by atoms with van der Waals surface area (Å²) in [5.41, 5.74) is 2.54. The molecule has 2 aromatic heterocycles. The average Bonchev–Trinajstić information content (AvgIpc) is 2.86. The van der Waals surface area contributed by atoms with E-state index in [4.69, 9.17) is 0 Å². The van der Waals surface area contributed by atoms with Gasteiger partial charge in [0.2, 0.25) is 0 Å². The van der Waals surface area contributed by atoms with Gasteiger partial charge in [-0.2, -0.15) is 16.4 Å². The van der Waals surface area contributed by atoms with Gasteiger partial charge in [-0.25, -0.2) is 0 Å². The summed E-state index contributed by atoms with van der Waals surface area (Å²) in [5, 5.41) is 14.5. The Balaban J connectivity index is 1.65. The molecule has 3 nitrogen and oxygen atoms in total. The van der Waals surface area contributed by atoms with Crippen LogP contribution in [0.4, 0.5) is 0 Å². The molecule has 0 amide bonds. The zero-order valence-corrected chi connectivity index (χ0v) is 8.68. The summed E-state index contributed by atoms with van der Waals surface area (Å²) in [5.74, 6) is 0. The molecule has 0 aliphatic heterocycles. The minimum atomic E-state index is 0.865. The van der Waals surface area contributed by atoms with Gasteiger partial charge in [0.15, 0.2) is 0 Å². The van der Waals surface area contributed by atoms with E-state index in [-0.39, 0.29) is 0 Å². The molecule has 0 saturated heterocycles. The van der Waals surface area contributed by atoms with Gasteiger partial charge in [-0.15, -0.1) is 0 Å². The third-order valence-electron chi connectivity index (χ3n) is 2.04. The molecule has 0 fully saturated rings. The largest absolute Gasteiger partial charge is 0.311 e. The highest BCUT2D eigenvalue weighted by Gasteiger charge is 1.94. The Hall–Kier alpha value is -1.13. The first kappa shape index (κ1) is 9.43. The van der Waals surface area contributed by atoms with Crippen molar-refractivity contribution in [1.29, 1.82) is 0 Å². The van der Waals surface area contributed by atoms with E-state index in [0.717, 1.165) is 25.2 Å². The van der Waals surface area contributed by atoms with E-state index < -0.39 is 0 Å². The van der Waals surface area contributed by atoms with Crippen LogP contribution in [0.3, 0.4) is 0 Å². The number of aromatic nitrogens is 2. The van der Waals surface area contributed by atoms with E-state index >= 15 is 0 Å². The van der Waals surface area contributed by atoms with E-state index in [1.807, 2.05) is 6.07 Å². The lowest BCUT2D eigenvalue weighted by atomic mass is 10.2. The van der Waals surface area contributed by atoms with Crippen LogP contribution in [-0.4, -0.2) is 16.7 Å². The SMILES string of the molecule is c1cc(CNCCc2ccsc2)[nH]n1. The molecular weight excluding hydrogens is 194 g/mol. The van der Waals surface area contributed by atoms with Gasteiger partial charge in [0.25, 0.3) is 0 Å². The molecule has 74 valence electrons. The molecule has 0 spiro atoms. The van der Waals surface area contributed by atoms with Gasteiger partial charge in [0, 0.05) is 18.4 Å². The minimum Gasteiger partial charge on any atom is -0.311 e. The van der Waals surface area contributed by atoms with E-state index in [0.29, 0.717) is 0 Å². The van der Waals surface area contributed by atoms with Crippen LogP contribution < -0.4 is 5.32 Å². The van der Waals surface area contributed by atoms with Crippen molar-refractivity contribution in [2.75, 3.05) is 6.54 Å². The van der Waals surface area contributed by atoms with E-state index in [2.05, 4.69) is 32.3 Å². The third kappa shape index (κ3) is 2.68. The lowest BCUT2D eigenvalue weighted by Crippen LogP contribution is -2.16. The predicted octanol–water partition coefficient (Wildman–Crippen LogP) is 1.80. The molecule has 0 aliphatic rings. The molecule has 0 atom stereocenters. The summed E-state index contributed by atoms with van der Waals surface area (Å²) < 4.78 is 0. The van der Waals surface area contributed by atoms with Gasteiger partial charge >= 0.3 is 0 Å². The fourth-order valence-electron chi connectivity index (χ4n) is 1.27. The van der Waals surface area contributed by atoms with E-state index in [1.54, 1.807) is 17.5 Å². The van der Waals surface area contributed by atoms with E-state index in [9.17, 15) is 0 Å². The summed E-state index contributed by atoms with van der Waals surface area (Å²) in [4.78, 5) is 0. The highest BCUT2D eigenvalue weighted by atomic mass is 32.1. The summed E-state index contributed by atoms with van der Waals surface area (Å²) in [6, 6.07) is 4.15. The third-order valence-corrected chi connectivity index (χ3v) is 2.78. The number of thiophene rings is 1. The van der Waals surface area contributed by atoms with Crippen molar-refractivity contribution >= 4 is 11.3 Å². The van der Waals surface area contributed by atoms with Crippen molar-refractivity contribution < 1.29 is 0 Å². The summed E-state index contributed by atoms with van der Waals surface area (Å²) in [6.07, 6.45) is 2.87. The Morgan fingerprint density at radius 2 is 2.43 bits per heavy atom. The number of hydrogen-bond acceptors (Lipinski definition) is 3. The second kappa shape index (κ2) is 4.93. The van der Waals surface area contributed by atoms with Gasteiger partial charge in [0.05, 0.1) is 0 Å². The van der Waals surface area contributed by atoms with Crippen LogP contribution in [0.15, 0.2) is 29.1 Å². The standard InChI is InChI=1S/C10H13N3S/c1(9-3-6-14-8-9)4-11-7-10-2-5-12-13-10/h2-3,5-6,8,11H,1,4,7H2,(H,12,13). The van der Waals surface area contributed by atoms with Gasteiger partial charge in [-0.3, -0.25) is 5.10 Å². The number of rotatable bonds is 5. The molecule has 0 unspecified atom stereocenters. The fourth-order valence-corrected chi connectivity index (χ4v) is 1.98. The van der Waals surface area contributed by atoms with Crippen LogP contribution in [0.1, 0.15) is 11.3 Å². The van der Waals surface area contributed by atoms with Crippen molar-refractivity contribution in [2.45, 2.75) is 13.0 Å². The first-order valence-electron chi connectivity index (χ1n) is 4.65. The number of nitrogens with zero attached hydrogens (tertiary/aromatic N) is 1. The minimum absolute atomic E-state index is 0.865. The molecule has 0 aromatic carbocycles. The normalized spacial score (nSPS) is 10.6. The molecule has 4 heteroatoms. The number of aromatic amines is 1. The first-order chi connectivity index (χ1) is 6.95. The van der Waals surface area contributed by atoms with Crippen molar-refractivity contribution in [1.82, 2.24) is 15.5 Å². The summed E-state index contributed by atoms with van der Waals surface area (Å²) >= 11 is 1.75. The lowest BCUT2D eigenvalue weighted by molar-refractivity contribution is 0.673. The maximum atomic E-state index is 3.89. The lowest BCUT2D eigenvalue weighted by Gasteiger charge is -2.00. The Labute approximate surface area is 87.2 Å². The quantitative estimate of drug-likeness (QED) is 0.734. The van der Waals surface area contributed by atoms with Crippen LogP contribution in [-0.2, 0) is 13.0 Å². The summed E-state index contributed by atoms with van der Waals surface area (Å²) in [7, 11) is 0. The topological polar surface area (TPSA) is 40.7 Å². The van der Waals surface area contributed by atoms with Crippen molar-refractivity contribution in [3.8, 4) is 0 Å². The molecule has 2 N–H and O–H groups in total. The van der Waals surface area contributed by atoms with Gasteiger partial charge in [0.1, 0.15) is 0 Å².